The largest absolute Gasteiger partial charge is 0.493 e. The number of aromatic nitrogens is 2. The molecule has 1 aromatic heterocycles. The molecule has 1 N–H and O–H groups in total. The number of rotatable bonds is 8. The fraction of sp³-hybridized carbons (Fsp3) is 0.421. The van der Waals surface area contributed by atoms with Gasteiger partial charge in [0.05, 0.1) is 33.1 Å². The second kappa shape index (κ2) is 9.12. The van der Waals surface area contributed by atoms with E-state index in [-0.39, 0.29) is 11.6 Å². The predicted octanol–water partition coefficient (Wildman–Crippen LogP) is 2.67. The summed E-state index contributed by atoms with van der Waals surface area (Å²) in [6, 6.07) is 4.66. The van der Waals surface area contributed by atoms with Crippen LogP contribution in [-0.2, 0) is 9.53 Å². The van der Waals surface area contributed by atoms with Crippen LogP contribution < -0.4 is 19.5 Å². The number of benzene rings is 1. The van der Waals surface area contributed by atoms with Gasteiger partial charge in [-0.2, -0.15) is 5.10 Å². The number of carbonyl (C=O) groups excluding carboxylic acids is 2. The predicted molar refractivity (Wildman–Crippen MR) is 102 cm³/mol. The van der Waals surface area contributed by atoms with Crippen molar-refractivity contribution in [2.75, 3.05) is 26.6 Å². The van der Waals surface area contributed by atoms with Gasteiger partial charge in [0.25, 0.3) is 5.91 Å². The molecular weight excluding hydrogens is 366 g/mol. The van der Waals surface area contributed by atoms with Gasteiger partial charge in [0.2, 0.25) is 5.75 Å². The highest BCUT2D eigenvalue weighted by atomic mass is 16.5. The van der Waals surface area contributed by atoms with E-state index in [1.165, 1.54) is 40.4 Å². The minimum absolute atomic E-state index is 0.0717. The third kappa shape index (κ3) is 4.54. The number of methoxy groups -OCH3 is 3. The summed E-state index contributed by atoms with van der Waals surface area (Å²) in [5.41, 5.74) is 0.168. The first-order chi connectivity index (χ1) is 13.3. The number of hydrogen-bond donors (Lipinski definition) is 1. The van der Waals surface area contributed by atoms with Crippen molar-refractivity contribution in [2.45, 2.75) is 32.9 Å². The molecule has 9 nitrogen and oxygen atoms in total. The average Bonchev–Trinajstić information content (AvgIpc) is 3.14. The fourth-order valence-electron chi connectivity index (χ4n) is 2.53. The Labute approximate surface area is 163 Å². The molecule has 2 aromatic rings. The highest BCUT2D eigenvalue weighted by Gasteiger charge is 2.23. The molecule has 0 aliphatic carbocycles. The molecule has 0 bridgehead atoms. The number of carbonyl (C=O) groups is 2. The lowest BCUT2D eigenvalue weighted by molar-refractivity contribution is -0.123. The van der Waals surface area contributed by atoms with Crippen LogP contribution in [0.3, 0.4) is 0 Å². The number of ether oxygens (including phenoxy) is 4. The summed E-state index contributed by atoms with van der Waals surface area (Å²) in [4.78, 5) is 24.9. The Bertz CT molecular complexity index is 821. The molecule has 9 heteroatoms. The standard InChI is InChI=1S/C19H25N3O6/c1-11(2)22-16(7-8-20-22)21-18(23)12(3)28-19(24)13-9-14(25-4)17(27-6)15(10-13)26-5/h7-12H,1-6H3,(H,21,23). The Morgan fingerprint density at radius 3 is 2.14 bits per heavy atom. The van der Waals surface area contributed by atoms with Gasteiger partial charge in [0, 0.05) is 12.1 Å². The first-order valence-corrected chi connectivity index (χ1v) is 8.67. The van der Waals surface area contributed by atoms with E-state index in [1.54, 1.807) is 16.9 Å². The minimum Gasteiger partial charge on any atom is -0.493 e. The monoisotopic (exact) mass is 391 g/mol. The van der Waals surface area contributed by atoms with Crippen LogP contribution in [0, 0.1) is 0 Å². The van der Waals surface area contributed by atoms with Crippen LogP contribution in [0.4, 0.5) is 5.82 Å². The van der Waals surface area contributed by atoms with Crippen LogP contribution >= 0.6 is 0 Å². The molecule has 152 valence electrons. The van der Waals surface area contributed by atoms with Crippen molar-refractivity contribution >= 4 is 17.7 Å². The molecule has 0 saturated heterocycles. The Hall–Kier alpha value is -3.23. The first kappa shape index (κ1) is 21.1. The number of hydrogen-bond acceptors (Lipinski definition) is 7. The molecule has 1 aromatic carbocycles. The second-order valence-electron chi connectivity index (χ2n) is 6.21. The van der Waals surface area contributed by atoms with E-state index in [1.807, 2.05) is 13.8 Å². The smallest absolute Gasteiger partial charge is 0.339 e. The van der Waals surface area contributed by atoms with Gasteiger partial charge in [-0.05, 0) is 32.9 Å². The fourth-order valence-corrected chi connectivity index (χ4v) is 2.53. The topological polar surface area (TPSA) is 101 Å². The van der Waals surface area contributed by atoms with Crippen molar-refractivity contribution in [2.24, 2.45) is 0 Å². The summed E-state index contributed by atoms with van der Waals surface area (Å²) < 4.78 is 22.6. The first-order valence-electron chi connectivity index (χ1n) is 8.67. The number of esters is 1. The molecule has 1 atom stereocenters. The van der Waals surface area contributed by atoms with Crippen molar-refractivity contribution in [3.8, 4) is 17.2 Å². The van der Waals surface area contributed by atoms with Crippen LogP contribution in [0.25, 0.3) is 0 Å². The Balaban J connectivity index is 2.13. The zero-order valence-corrected chi connectivity index (χ0v) is 16.8. The van der Waals surface area contributed by atoms with Gasteiger partial charge in [-0.25, -0.2) is 9.48 Å². The van der Waals surface area contributed by atoms with E-state index < -0.39 is 18.0 Å². The van der Waals surface area contributed by atoms with E-state index in [0.717, 1.165) is 0 Å². The molecule has 0 aliphatic rings. The van der Waals surface area contributed by atoms with E-state index in [9.17, 15) is 9.59 Å². The highest BCUT2D eigenvalue weighted by molar-refractivity contribution is 5.97. The van der Waals surface area contributed by atoms with E-state index in [0.29, 0.717) is 23.1 Å². The zero-order valence-electron chi connectivity index (χ0n) is 16.8. The lowest BCUT2D eigenvalue weighted by atomic mass is 10.2. The van der Waals surface area contributed by atoms with Gasteiger partial charge in [-0.15, -0.1) is 0 Å². The van der Waals surface area contributed by atoms with Gasteiger partial charge in [-0.1, -0.05) is 0 Å². The Morgan fingerprint density at radius 2 is 1.64 bits per heavy atom. The summed E-state index contributed by atoms with van der Waals surface area (Å²) in [6.45, 7) is 5.37. The second-order valence-corrected chi connectivity index (χ2v) is 6.21. The zero-order chi connectivity index (χ0) is 20.8. The molecule has 0 radical (unpaired) electrons. The molecule has 2 rings (SSSR count). The van der Waals surface area contributed by atoms with Gasteiger partial charge in [-0.3, -0.25) is 4.79 Å². The van der Waals surface area contributed by atoms with Gasteiger partial charge in [0.1, 0.15) is 5.82 Å². The van der Waals surface area contributed by atoms with Gasteiger partial charge in [0.15, 0.2) is 17.6 Å². The maximum atomic E-state index is 12.5. The molecular formula is C19H25N3O6. The lowest BCUT2D eigenvalue weighted by Gasteiger charge is -2.17. The Kier molecular flexibility index (Phi) is 6.86. The third-order valence-corrected chi connectivity index (χ3v) is 3.96. The van der Waals surface area contributed by atoms with E-state index in [2.05, 4.69) is 10.4 Å². The van der Waals surface area contributed by atoms with Crippen LogP contribution in [-0.4, -0.2) is 49.1 Å². The van der Waals surface area contributed by atoms with Crippen molar-refractivity contribution in [1.82, 2.24) is 9.78 Å². The normalized spacial score (nSPS) is 11.7. The molecule has 28 heavy (non-hydrogen) atoms. The summed E-state index contributed by atoms with van der Waals surface area (Å²) in [6.07, 6.45) is 0.560. The third-order valence-electron chi connectivity index (χ3n) is 3.96. The number of nitrogens with zero attached hydrogens (tertiary/aromatic N) is 2. The summed E-state index contributed by atoms with van der Waals surface area (Å²) in [7, 11) is 4.35. The molecule has 1 heterocycles. The molecule has 0 aliphatic heterocycles. The van der Waals surface area contributed by atoms with Gasteiger partial charge >= 0.3 is 5.97 Å². The highest BCUT2D eigenvalue weighted by Crippen LogP contribution is 2.38. The quantitative estimate of drug-likeness (QED) is 0.690. The van der Waals surface area contributed by atoms with E-state index in [4.69, 9.17) is 18.9 Å². The number of amides is 1. The summed E-state index contributed by atoms with van der Waals surface area (Å²) in [5.74, 6) is 0.339. The molecule has 0 saturated carbocycles. The molecule has 1 unspecified atom stereocenters. The van der Waals surface area contributed by atoms with Crippen LogP contribution in [0.1, 0.15) is 37.2 Å². The summed E-state index contributed by atoms with van der Waals surface area (Å²) >= 11 is 0. The van der Waals surface area contributed by atoms with Gasteiger partial charge < -0.3 is 24.3 Å². The van der Waals surface area contributed by atoms with E-state index >= 15 is 0 Å². The van der Waals surface area contributed by atoms with Crippen molar-refractivity contribution in [3.63, 3.8) is 0 Å². The van der Waals surface area contributed by atoms with Crippen molar-refractivity contribution in [1.29, 1.82) is 0 Å². The lowest BCUT2D eigenvalue weighted by Crippen LogP contribution is -2.31. The number of nitrogens with one attached hydrogen (secondary N) is 1. The minimum atomic E-state index is -1.03. The van der Waals surface area contributed by atoms with Crippen LogP contribution in [0.15, 0.2) is 24.4 Å². The van der Waals surface area contributed by atoms with Crippen LogP contribution in [0.5, 0.6) is 17.2 Å². The maximum absolute atomic E-state index is 12.5. The SMILES string of the molecule is COc1cc(C(=O)OC(C)C(=O)Nc2ccnn2C(C)C)cc(OC)c1OC. The molecule has 0 fully saturated rings. The number of anilines is 1. The molecule has 0 spiro atoms. The summed E-state index contributed by atoms with van der Waals surface area (Å²) in [5, 5.41) is 6.85. The van der Waals surface area contributed by atoms with Crippen molar-refractivity contribution in [3.05, 3.63) is 30.0 Å². The van der Waals surface area contributed by atoms with Crippen LogP contribution in [0.2, 0.25) is 0 Å². The maximum Gasteiger partial charge on any atom is 0.339 e. The van der Waals surface area contributed by atoms with Crippen molar-refractivity contribution < 1.29 is 28.5 Å². The average molecular weight is 391 g/mol. The Morgan fingerprint density at radius 1 is 1.04 bits per heavy atom. The molecule has 1 amide bonds.